The lowest BCUT2D eigenvalue weighted by atomic mass is 10.1. The number of nitrogens with one attached hydrogen (secondary N) is 1. The molecule has 0 spiro atoms. The summed E-state index contributed by atoms with van der Waals surface area (Å²) in [6, 6.07) is 8.72. The van der Waals surface area contributed by atoms with E-state index in [2.05, 4.69) is 16.6 Å². The first-order valence-corrected chi connectivity index (χ1v) is 6.90. The van der Waals surface area contributed by atoms with Gasteiger partial charge in [-0.1, -0.05) is 36.4 Å². The summed E-state index contributed by atoms with van der Waals surface area (Å²) in [5.74, 6) is -0.00618. The van der Waals surface area contributed by atoms with Crippen LogP contribution in [0.2, 0.25) is 0 Å². The first kappa shape index (κ1) is 17.5. The Morgan fingerprint density at radius 1 is 1.32 bits per heavy atom. The summed E-state index contributed by atoms with van der Waals surface area (Å²) in [6.45, 7) is 5.61. The van der Waals surface area contributed by atoms with Crippen LogP contribution in [-0.4, -0.2) is 31.6 Å². The van der Waals surface area contributed by atoms with Crippen molar-refractivity contribution in [1.82, 2.24) is 5.32 Å². The standard InChI is InChI=1S/C17H21NO4/c1-13(12-16(17(20)21-3)18-14(2)19)8-7-11-22-15-9-5-4-6-10-15/h4-10,16H,1,11-12H2,2-3H3,(H,18,19)/b8-7+. The van der Waals surface area contributed by atoms with Crippen LogP contribution < -0.4 is 10.1 Å². The summed E-state index contributed by atoms with van der Waals surface area (Å²) in [5, 5.41) is 2.54. The third kappa shape index (κ3) is 6.74. The molecule has 5 heteroatoms. The van der Waals surface area contributed by atoms with Crippen LogP contribution in [0.15, 0.2) is 54.6 Å². The number of hydrogen-bond donors (Lipinski definition) is 1. The van der Waals surface area contributed by atoms with Crippen LogP contribution in [0.5, 0.6) is 5.75 Å². The van der Waals surface area contributed by atoms with Crippen LogP contribution in [0.25, 0.3) is 0 Å². The van der Waals surface area contributed by atoms with Gasteiger partial charge < -0.3 is 14.8 Å². The molecule has 0 radical (unpaired) electrons. The van der Waals surface area contributed by atoms with Crippen molar-refractivity contribution in [3.8, 4) is 5.75 Å². The van der Waals surface area contributed by atoms with Crippen molar-refractivity contribution in [1.29, 1.82) is 0 Å². The van der Waals surface area contributed by atoms with Gasteiger partial charge in [0, 0.05) is 13.3 Å². The molecule has 0 aromatic heterocycles. The van der Waals surface area contributed by atoms with Gasteiger partial charge in [0.05, 0.1) is 7.11 Å². The van der Waals surface area contributed by atoms with E-state index in [1.165, 1.54) is 14.0 Å². The van der Waals surface area contributed by atoms with Crippen LogP contribution in [-0.2, 0) is 14.3 Å². The highest BCUT2D eigenvalue weighted by Gasteiger charge is 2.20. The van der Waals surface area contributed by atoms with Crippen molar-refractivity contribution in [2.45, 2.75) is 19.4 Å². The van der Waals surface area contributed by atoms with Crippen LogP contribution in [0.1, 0.15) is 13.3 Å². The Morgan fingerprint density at radius 3 is 2.59 bits per heavy atom. The normalized spacial score (nSPS) is 11.7. The molecule has 1 atom stereocenters. The predicted octanol–water partition coefficient (Wildman–Crippen LogP) is 2.25. The maximum atomic E-state index is 11.6. The minimum Gasteiger partial charge on any atom is -0.490 e. The average Bonchev–Trinajstić information content (AvgIpc) is 2.50. The fourth-order valence-electron chi connectivity index (χ4n) is 1.79. The number of carbonyl (C=O) groups is 2. The number of hydrogen-bond acceptors (Lipinski definition) is 4. The molecule has 1 N–H and O–H groups in total. The number of esters is 1. The SMILES string of the molecule is C=C(/C=C/COc1ccccc1)CC(NC(C)=O)C(=O)OC. The van der Waals surface area contributed by atoms with E-state index < -0.39 is 12.0 Å². The number of allylic oxidation sites excluding steroid dienone is 1. The van der Waals surface area contributed by atoms with Crippen LogP contribution in [0.3, 0.4) is 0 Å². The molecule has 0 aliphatic carbocycles. The molecular formula is C17H21NO4. The Labute approximate surface area is 130 Å². The van der Waals surface area contributed by atoms with Crippen LogP contribution in [0, 0.1) is 0 Å². The molecule has 1 aromatic carbocycles. The van der Waals surface area contributed by atoms with E-state index in [0.29, 0.717) is 12.2 Å². The van der Waals surface area contributed by atoms with Gasteiger partial charge in [-0.05, 0) is 18.2 Å². The van der Waals surface area contributed by atoms with Gasteiger partial charge in [0.1, 0.15) is 18.4 Å². The molecule has 0 saturated heterocycles. The van der Waals surface area contributed by atoms with E-state index in [0.717, 1.165) is 5.75 Å². The second kappa shape index (κ2) is 9.39. The molecular weight excluding hydrogens is 282 g/mol. The first-order valence-electron chi connectivity index (χ1n) is 6.90. The number of rotatable bonds is 8. The minimum absolute atomic E-state index is 0.286. The maximum absolute atomic E-state index is 11.6. The summed E-state index contributed by atoms with van der Waals surface area (Å²) in [7, 11) is 1.28. The highest BCUT2D eigenvalue weighted by Crippen LogP contribution is 2.09. The van der Waals surface area contributed by atoms with Crippen molar-refractivity contribution in [3.05, 3.63) is 54.6 Å². The Hall–Kier alpha value is -2.56. The smallest absolute Gasteiger partial charge is 0.328 e. The molecule has 118 valence electrons. The number of carbonyl (C=O) groups excluding carboxylic acids is 2. The molecule has 0 saturated carbocycles. The second-order valence-electron chi connectivity index (χ2n) is 4.67. The summed E-state index contributed by atoms with van der Waals surface area (Å²) in [4.78, 5) is 22.7. The van der Waals surface area contributed by atoms with Crippen molar-refractivity contribution in [2.75, 3.05) is 13.7 Å². The number of amides is 1. The summed E-state index contributed by atoms with van der Waals surface area (Å²) in [6.07, 6.45) is 3.85. The van der Waals surface area contributed by atoms with Gasteiger partial charge in [0.2, 0.25) is 5.91 Å². The van der Waals surface area contributed by atoms with E-state index >= 15 is 0 Å². The number of methoxy groups -OCH3 is 1. The quantitative estimate of drug-likeness (QED) is 0.591. The van der Waals surface area contributed by atoms with Crippen LogP contribution >= 0.6 is 0 Å². The van der Waals surface area contributed by atoms with Gasteiger partial charge in [-0.25, -0.2) is 4.79 Å². The molecule has 22 heavy (non-hydrogen) atoms. The van der Waals surface area contributed by atoms with Gasteiger partial charge in [0.15, 0.2) is 0 Å². The zero-order valence-corrected chi connectivity index (χ0v) is 12.9. The fraction of sp³-hybridized carbons (Fsp3) is 0.294. The lowest BCUT2D eigenvalue weighted by Gasteiger charge is -2.15. The molecule has 5 nitrogen and oxygen atoms in total. The first-order chi connectivity index (χ1) is 10.5. The predicted molar refractivity (Wildman–Crippen MR) is 84.5 cm³/mol. The molecule has 0 fully saturated rings. The fourth-order valence-corrected chi connectivity index (χ4v) is 1.79. The topological polar surface area (TPSA) is 64.6 Å². The van der Waals surface area contributed by atoms with Gasteiger partial charge in [0.25, 0.3) is 0 Å². The zero-order chi connectivity index (χ0) is 16.4. The number of ether oxygens (including phenoxy) is 2. The third-order valence-corrected chi connectivity index (χ3v) is 2.77. The van der Waals surface area contributed by atoms with E-state index in [4.69, 9.17) is 4.74 Å². The van der Waals surface area contributed by atoms with E-state index in [1.807, 2.05) is 30.3 Å². The van der Waals surface area contributed by atoms with Crippen molar-refractivity contribution in [2.24, 2.45) is 0 Å². The molecule has 0 aliphatic heterocycles. The molecule has 1 unspecified atom stereocenters. The van der Waals surface area contributed by atoms with E-state index in [9.17, 15) is 9.59 Å². The second-order valence-corrected chi connectivity index (χ2v) is 4.67. The minimum atomic E-state index is -0.727. The Balaban J connectivity index is 2.43. The van der Waals surface area contributed by atoms with Gasteiger partial charge >= 0.3 is 5.97 Å². The lowest BCUT2D eigenvalue weighted by molar-refractivity contribution is -0.144. The highest BCUT2D eigenvalue weighted by atomic mass is 16.5. The average molecular weight is 303 g/mol. The summed E-state index contributed by atoms with van der Waals surface area (Å²) >= 11 is 0. The third-order valence-electron chi connectivity index (χ3n) is 2.77. The van der Waals surface area contributed by atoms with Gasteiger partial charge in [-0.3, -0.25) is 4.79 Å². The maximum Gasteiger partial charge on any atom is 0.328 e. The van der Waals surface area contributed by atoms with Crippen molar-refractivity contribution >= 4 is 11.9 Å². The molecule has 1 aromatic rings. The lowest BCUT2D eigenvalue weighted by Crippen LogP contribution is -2.40. The molecule has 0 bridgehead atoms. The monoisotopic (exact) mass is 303 g/mol. The molecule has 1 rings (SSSR count). The number of benzene rings is 1. The summed E-state index contributed by atoms with van der Waals surface area (Å²) in [5.41, 5.74) is 0.695. The molecule has 1 amide bonds. The Kier molecular flexibility index (Phi) is 7.47. The van der Waals surface area contributed by atoms with E-state index in [-0.39, 0.29) is 12.3 Å². The largest absolute Gasteiger partial charge is 0.490 e. The van der Waals surface area contributed by atoms with Gasteiger partial charge in [-0.2, -0.15) is 0 Å². The number of para-hydroxylation sites is 1. The molecule has 0 aliphatic rings. The Morgan fingerprint density at radius 2 is 2.00 bits per heavy atom. The molecule has 0 heterocycles. The van der Waals surface area contributed by atoms with Crippen LogP contribution in [0.4, 0.5) is 0 Å². The van der Waals surface area contributed by atoms with Crippen molar-refractivity contribution < 1.29 is 19.1 Å². The summed E-state index contributed by atoms with van der Waals surface area (Å²) < 4.78 is 10.2. The zero-order valence-electron chi connectivity index (χ0n) is 12.9. The van der Waals surface area contributed by atoms with E-state index in [1.54, 1.807) is 12.2 Å². The Bertz CT molecular complexity index is 537. The van der Waals surface area contributed by atoms with Crippen molar-refractivity contribution in [3.63, 3.8) is 0 Å². The highest BCUT2D eigenvalue weighted by molar-refractivity contribution is 5.83. The van der Waals surface area contributed by atoms with Gasteiger partial charge in [-0.15, -0.1) is 0 Å².